The number of halogens is 4. The molecule has 5 rings (SSSR count). The number of likely N-dealkylation sites (N-methyl/N-ethyl adjacent to an activating group) is 1. The van der Waals surface area contributed by atoms with E-state index in [1.165, 1.54) is 16.8 Å². The van der Waals surface area contributed by atoms with Crippen LogP contribution < -0.4 is 10.2 Å². The number of alkyl halides is 3. The zero-order valence-corrected chi connectivity index (χ0v) is 23.7. The summed E-state index contributed by atoms with van der Waals surface area (Å²) in [4.78, 5) is 57.3. The van der Waals surface area contributed by atoms with Gasteiger partial charge in [0.25, 0.3) is 11.8 Å². The van der Waals surface area contributed by atoms with Crippen LogP contribution in [0.1, 0.15) is 42.6 Å². The van der Waals surface area contributed by atoms with E-state index in [-0.39, 0.29) is 42.4 Å². The van der Waals surface area contributed by atoms with Gasteiger partial charge in [-0.3, -0.25) is 29.3 Å². The van der Waals surface area contributed by atoms with Crippen LogP contribution in [0, 0.1) is 5.92 Å². The van der Waals surface area contributed by atoms with Gasteiger partial charge >= 0.3 is 12.2 Å². The maximum atomic E-state index is 13.6. The van der Waals surface area contributed by atoms with E-state index in [1.54, 1.807) is 38.2 Å². The standard InChI is InChI=1S/C28H28ClF3N6O4/c1-15(2)22(34-23(39)16-10-18(28(30,31)32)13-19(29)11-16)24(40)37-8-6-27(7-9-37)25(41)36(3)26(42)38(27)20-4-5-21-17(12-20)14-33-35-21/h4-5,10-15,22H,6-9H2,1-3H3,(H,33,35)(H,34,39)/t22-/m1/s1. The van der Waals surface area contributed by atoms with E-state index in [0.717, 1.165) is 27.9 Å². The topological polar surface area (TPSA) is 119 Å². The maximum Gasteiger partial charge on any atom is 0.416 e. The fourth-order valence-electron chi connectivity index (χ4n) is 5.61. The number of hydrogen-bond acceptors (Lipinski definition) is 5. The van der Waals surface area contributed by atoms with E-state index in [4.69, 9.17) is 11.6 Å². The Morgan fingerprint density at radius 2 is 1.79 bits per heavy atom. The molecule has 2 fully saturated rings. The Balaban J connectivity index is 1.35. The molecule has 5 amide bonds. The number of piperidine rings is 1. The average molecular weight is 605 g/mol. The highest BCUT2D eigenvalue weighted by Crippen LogP contribution is 2.41. The number of carbonyl (C=O) groups is 4. The summed E-state index contributed by atoms with van der Waals surface area (Å²) in [6.07, 6.45) is -2.78. The Morgan fingerprint density at radius 1 is 1.10 bits per heavy atom. The van der Waals surface area contributed by atoms with Crippen LogP contribution in [-0.2, 0) is 15.8 Å². The lowest BCUT2D eigenvalue weighted by molar-refractivity contribution is -0.139. The fourth-order valence-corrected chi connectivity index (χ4v) is 5.84. The van der Waals surface area contributed by atoms with E-state index >= 15 is 0 Å². The summed E-state index contributed by atoms with van der Waals surface area (Å²) in [5.41, 5.74) is -1.31. The lowest BCUT2D eigenvalue weighted by Crippen LogP contribution is -2.60. The van der Waals surface area contributed by atoms with Gasteiger partial charge in [0.2, 0.25) is 5.91 Å². The van der Waals surface area contributed by atoms with Crippen molar-refractivity contribution < 1.29 is 32.3 Å². The number of likely N-dealkylation sites (tertiary alicyclic amines) is 1. The molecule has 14 heteroatoms. The molecule has 0 unspecified atom stereocenters. The van der Waals surface area contributed by atoms with Gasteiger partial charge in [-0.15, -0.1) is 0 Å². The number of urea groups is 1. The highest BCUT2D eigenvalue weighted by Gasteiger charge is 2.58. The van der Waals surface area contributed by atoms with Crippen LogP contribution in [0.4, 0.5) is 23.7 Å². The third-order valence-electron chi connectivity index (χ3n) is 7.90. The second-order valence-electron chi connectivity index (χ2n) is 10.9. The molecule has 2 aromatic carbocycles. The van der Waals surface area contributed by atoms with Crippen molar-refractivity contribution in [1.82, 2.24) is 25.3 Å². The number of hydrogen-bond donors (Lipinski definition) is 2. The maximum absolute atomic E-state index is 13.6. The molecule has 42 heavy (non-hydrogen) atoms. The van der Waals surface area contributed by atoms with Crippen molar-refractivity contribution in [3.05, 3.63) is 58.7 Å². The van der Waals surface area contributed by atoms with Crippen LogP contribution in [0.5, 0.6) is 0 Å². The van der Waals surface area contributed by atoms with Crippen LogP contribution >= 0.6 is 11.6 Å². The summed E-state index contributed by atoms with van der Waals surface area (Å²) in [5, 5.41) is 9.92. The number of amides is 5. The molecule has 2 N–H and O–H groups in total. The molecule has 0 radical (unpaired) electrons. The lowest BCUT2D eigenvalue weighted by Gasteiger charge is -2.43. The number of imide groups is 1. The Labute approximate surface area is 243 Å². The predicted molar refractivity (Wildman–Crippen MR) is 148 cm³/mol. The van der Waals surface area contributed by atoms with Crippen LogP contribution in [-0.4, -0.2) is 75.5 Å². The van der Waals surface area contributed by atoms with E-state index < -0.39 is 47.1 Å². The molecule has 3 heterocycles. The normalized spacial score (nSPS) is 18.0. The number of benzene rings is 2. The Bertz CT molecular complexity index is 1580. The Kier molecular flexibility index (Phi) is 7.42. The quantitative estimate of drug-likeness (QED) is 0.417. The summed E-state index contributed by atoms with van der Waals surface area (Å²) in [7, 11) is 1.42. The number of anilines is 1. The van der Waals surface area contributed by atoms with Gasteiger partial charge in [0, 0.05) is 41.8 Å². The summed E-state index contributed by atoms with van der Waals surface area (Å²) >= 11 is 5.84. The van der Waals surface area contributed by atoms with Crippen molar-refractivity contribution in [1.29, 1.82) is 0 Å². The average Bonchev–Trinajstić information content (AvgIpc) is 3.48. The summed E-state index contributed by atoms with van der Waals surface area (Å²) in [6.45, 7) is 3.64. The van der Waals surface area contributed by atoms with Crippen molar-refractivity contribution in [2.24, 2.45) is 5.92 Å². The zero-order chi connectivity index (χ0) is 30.6. The van der Waals surface area contributed by atoms with Crippen LogP contribution in [0.2, 0.25) is 5.02 Å². The smallest absolute Gasteiger partial charge is 0.341 e. The molecule has 0 bridgehead atoms. The first-order valence-electron chi connectivity index (χ1n) is 13.3. The van der Waals surface area contributed by atoms with Crippen molar-refractivity contribution in [3.8, 4) is 0 Å². The number of H-pyrrole nitrogens is 1. The largest absolute Gasteiger partial charge is 0.416 e. The third kappa shape index (κ3) is 5.06. The van der Waals surface area contributed by atoms with Gasteiger partial charge in [-0.25, -0.2) is 4.79 Å². The molecular weight excluding hydrogens is 577 g/mol. The second kappa shape index (κ2) is 10.6. The van der Waals surface area contributed by atoms with Gasteiger partial charge in [0.1, 0.15) is 11.6 Å². The molecule has 1 aromatic heterocycles. The molecule has 0 aliphatic carbocycles. The molecule has 222 valence electrons. The van der Waals surface area contributed by atoms with Crippen LogP contribution in [0.3, 0.4) is 0 Å². The van der Waals surface area contributed by atoms with E-state index in [0.29, 0.717) is 11.8 Å². The minimum atomic E-state index is -4.71. The van der Waals surface area contributed by atoms with Gasteiger partial charge in [-0.05, 0) is 55.2 Å². The SMILES string of the molecule is CC(C)[C@@H](NC(=O)c1cc(Cl)cc(C(F)(F)F)c1)C(=O)N1CCC2(CC1)C(=O)N(C)C(=O)N2c1ccc2[nH]ncc2c1. The minimum absolute atomic E-state index is 0.116. The van der Waals surface area contributed by atoms with Crippen molar-refractivity contribution in [2.45, 2.75) is 44.4 Å². The van der Waals surface area contributed by atoms with E-state index in [2.05, 4.69) is 15.5 Å². The van der Waals surface area contributed by atoms with Gasteiger partial charge in [0.15, 0.2) is 0 Å². The number of aromatic amines is 1. The molecule has 0 saturated carbocycles. The highest BCUT2D eigenvalue weighted by molar-refractivity contribution is 6.31. The predicted octanol–water partition coefficient (Wildman–Crippen LogP) is 4.45. The van der Waals surface area contributed by atoms with E-state index in [9.17, 15) is 32.3 Å². The summed E-state index contributed by atoms with van der Waals surface area (Å²) in [5.74, 6) is -2.09. The molecule has 10 nitrogen and oxygen atoms in total. The number of carbonyl (C=O) groups excluding carboxylic acids is 4. The number of rotatable bonds is 5. The Morgan fingerprint density at radius 3 is 2.43 bits per heavy atom. The Hall–Kier alpha value is -4.13. The number of aromatic nitrogens is 2. The first-order valence-corrected chi connectivity index (χ1v) is 13.6. The van der Waals surface area contributed by atoms with Gasteiger partial charge in [0.05, 0.1) is 17.3 Å². The van der Waals surface area contributed by atoms with Crippen LogP contribution in [0.15, 0.2) is 42.6 Å². The highest BCUT2D eigenvalue weighted by atomic mass is 35.5. The molecule has 1 atom stereocenters. The van der Waals surface area contributed by atoms with E-state index in [1.807, 2.05) is 0 Å². The molecular formula is C28H28ClF3N6O4. The number of fused-ring (bicyclic) bond motifs is 1. The van der Waals surface area contributed by atoms with Crippen molar-refractivity contribution in [3.63, 3.8) is 0 Å². The first kappa shape index (κ1) is 29.4. The monoisotopic (exact) mass is 604 g/mol. The lowest BCUT2D eigenvalue weighted by atomic mass is 9.85. The fraction of sp³-hybridized carbons (Fsp3) is 0.393. The number of nitrogens with one attached hydrogen (secondary N) is 2. The summed E-state index contributed by atoms with van der Waals surface area (Å²) < 4.78 is 39.8. The third-order valence-corrected chi connectivity index (χ3v) is 8.12. The van der Waals surface area contributed by atoms with Crippen LogP contribution in [0.25, 0.3) is 10.9 Å². The second-order valence-corrected chi connectivity index (χ2v) is 11.3. The number of nitrogens with zero attached hydrogens (tertiary/aromatic N) is 4. The minimum Gasteiger partial charge on any atom is -0.341 e. The van der Waals surface area contributed by atoms with Crippen molar-refractivity contribution >= 4 is 51.9 Å². The molecule has 2 saturated heterocycles. The van der Waals surface area contributed by atoms with Gasteiger partial charge in [-0.1, -0.05) is 25.4 Å². The van der Waals surface area contributed by atoms with Crippen molar-refractivity contribution in [2.75, 3.05) is 25.0 Å². The molecule has 2 aliphatic heterocycles. The molecule has 1 spiro atoms. The summed E-state index contributed by atoms with van der Waals surface area (Å²) in [6, 6.07) is 6.25. The first-order chi connectivity index (χ1) is 19.7. The zero-order valence-electron chi connectivity index (χ0n) is 23.0. The molecule has 2 aliphatic rings. The van der Waals surface area contributed by atoms with Gasteiger partial charge < -0.3 is 10.2 Å². The van der Waals surface area contributed by atoms with Gasteiger partial charge in [-0.2, -0.15) is 18.3 Å². The molecule has 3 aromatic rings.